The fourth-order valence-electron chi connectivity index (χ4n) is 5.63. The Bertz CT molecular complexity index is 1740. The first-order valence-corrected chi connectivity index (χ1v) is 13.2. The van der Waals surface area contributed by atoms with Gasteiger partial charge < -0.3 is 9.84 Å². The predicted octanol–water partition coefficient (Wildman–Crippen LogP) is 3.34. The Hall–Kier alpha value is -3.93. The highest BCUT2D eigenvalue weighted by molar-refractivity contribution is 14.1. The molecule has 0 bridgehead atoms. The minimum Gasteiger partial charge on any atom is -0.504 e. The maximum absolute atomic E-state index is 13.7. The molecule has 0 fully saturated rings. The summed E-state index contributed by atoms with van der Waals surface area (Å²) in [6, 6.07) is 12.9. The Morgan fingerprint density at radius 1 is 1.05 bits per heavy atom. The fraction of sp³-hybridized carbons (Fsp3) is 0.214. The monoisotopic (exact) mass is 623 g/mol. The molecule has 6 rings (SSSR count). The number of phenolic OH excluding ortho intramolecular Hbond substituents is 1. The van der Waals surface area contributed by atoms with Crippen molar-refractivity contribution in [2.45, 2.75) is 31.8 Å². The topological polar surface area (TPSA) is 113 Å². The third kappa shape index (κ3) is 3.57. The summed E-state index contributed by atoms with van der Waals surface area (Å²) in [4.78, 5) is 53.8. The van der Waals surface area contributed by atoms with Crippen LogP contribution in [0.15, 0.2) is 90.6 Å². The summed E-state index contributed by atoms with van der Waals surface area (Å²) in [6.45, 7) is 2.25. The second-order valence-corrected chi connectivity index (χ2v) is 10.4. The van der Waals surface area contributed by atoms with Gasteiger partial charge in [-0.2, -0.15) is 0 Å². The summed E-state index contributed by atoms with van der Waals surface area (Å²) in [5, 5.41) is 10.3. The number of carbonyl (C=O) groups excluding carboxylic acids is 2. The van der Waals surface area contributed by atoms with Crippen LogP contribution in [0.5, 0.6) is 11.5 Å². The van der Waals surface area contributed by atoms with Gasteiger partial charge in [-0.1, -0.05) is 30.3 Å². The van der Waals surface area contributed by atoms with Crippen LogP contribution in [0.1, 0.15) is 30.9 Å². The number of ether oxygens (including phenoxy) is 1. The Morgan fingerprint density at radius 2 is 1.82 bits per heavy atom. The number of aromatic nitrogens is 3. The number of rotatable bonds is 4. The van der Waals surface area contributed by atoms with Gasteiger partial charge in [0.1, 0.15) is 0 Å². The van der Waals surface area contributed by atoms with E-state index < -0.39 is 23.3 Å². The molecule has 38 heavy (non-hydrogen) atoms. The highest BCUT2D eigenvalue weighted by Gasteiger charge is 2.45. The number of halogens is 1. The molecule has 2 aromatic carbocycles. The number of ketones is 2. The average Bonchev–Trinajstić information content (AvgIpc) is 3.18. The second kappa shape index (κ2) is 9.12. The molecule has 2 aliphatic carbocycles. The van der Waals surface area contributed by atoms with E-state index in [1.54, 1.807) is 49.4 Å². The number of benzene rings is 2. The molecule has 2 unspecified atom stereocenters. The Morgan fingerprint density at radius 3 is 2.55 bits per heavy atom. The van der Waals surface area contributed by atoms with E-state index in [-0.39, 0.29) is 36.0 Å². The van der Waals surface area contributed by atoms with Crippen molar-refractivity contribution in [2.75, 3.05) is 6.61 Å². The van der Waals surface area contributed by atoms with E-state index in [0.29, 0.717) is 32.6 Å². The lowest BCUT2D eigenvalue weighted by Crippen LogP contribution is -2.40. The molecule has 192 valence electrons. The van der Waals surface area contributed by atoms with E-state index in [1.165, 1.54) is 21.5 Å². The van der Waals surface area contributed by atoms with Gasteiger partial charge in [0, 0.05) is 29.6 Å². The highest BCUT2D eigenvalue weighted by atomic mass is 127. The molecule has 1 aromatic heterocycles. The third-order valence-corrected chi connectivity index (χ3v) is 8.03. The summed E-state index contributed by atoms with van der Waals surface area (Å²) in [7, 11) is 0. The first-order chi connectivity index (χ1) is 18.3. The van der Waals surface area contributed by atoms with Gasteiger partial charge in [0.05, 0.1) is 28.5 Å². The number of aromatic hydroxyl groups is 1. The lowest BCUT2D eigenvalue weighted by atomic mass is 9.69. The summed E-state index contributed by atoms with van der Waals surface area (Å²) in [5.41, 5.74) is 1.55. The predicted molar refractivity (Wildman–Crippen MR) is 147 cm³/mol. The minimum absolute atomic E-state index is 0.0414. The minimum atomic E-state index is -0.658. The largest absolute Gasteiger partial charge is 0.504 e. The van der Waals surface area contributed by atoms with Crippen molar-refractivity contribution in [2.24, 2.45) is 0 Å². The molecule has 1 aliphatic heterocycles. The van der Waals surface area contributed by atoms with Crippen LogP contribution in [-0.4, -0.2) is 37.2 Å². The Balaban J connectivity index is 1.58. The average molecular weight is 623 g/mol. The van der Waals surface area contributed by atoms with Gasteiger partial charge in [0.2, 0.25) is 0 Å². The number of phenols is 1. The molecule has 0 saturated heterocycles. The lowest BCUT2D eigenvalue weighted by molar-refractivity contribution is -0.115. The van der Waals surface area contributed by atoms with Gasteiger partial charge >= 0.3 is 11.4 Å². The maximum Gasteiger partial charge on any atom is 0.352 e. The number of nitrogens with zero attached hydrogens (tertiary/aromatic N) is 3. The standard InChI is InChI=1S/C28H22IN3O6/c1-2-38-23-12-15(8-9-21(23)33)24-17-10-11-30-27(36)31(16-6-4-3-5-7-16)28(37)32(30)20(17)13-18-22(34)14-19(29)26(35)25(18)24/h3-10,12,14,20,24,33H,2,11,13H2,1H3. The Labute approximate surface area is 230 Å². The van der Waals surface area contributed by atoms with Crippen molar-refractivity contribution in [3.63, 3.8) is 0 Å². The van der Waals surface area contributed by atoms with Crippen LogP contribution in [0, 0.1) is 0 Å². The first kappa shape index (κ1) is 24.4. The van der Waals surface area contributed by atoms with E-state index in [0.717, 1.165) is 10.1 Å². The zero-order valence-corrected chi connectivity index (χ0v) is 22.4. The maximum atomic E-state index is 13.7. The number of Topliss-reactive ketones (excluding diaryl/α,β-unsaturated/α-hetero) is 1. The fourth-order valence-corrected chi connectivity index (χ4v) is 6.20. The van der Waals surface area contributed by atoms with Crippen LogP contribution < -0.4 is 16.1 Å². The van der Waals surface area contributed by atoms with Crippen LogP contribution >= 0.6 is 22.6 Å². The van der Waals surface area contributed by atoms with Crippen molar-refractivity contribution in [3.8, 4) is 17.2 Å². The van der Waals surface area contributed by atoms with E-state index in [2.05, 4.69) is 0 Å². The Kier molecular flexibility index (Phi) is 5.86. The zero-order valence-electron chi connectivity index (χ0n) is 20.3. The smallest absolute Gasteiger partial charge is 0.352 e. The van der Waals surface area contributed by atoms with Crippen molar-refractivity contribution < 1.29 is 19.4 Å². The molecule has 1 N–H and O–H groups in total. The van der Waals surface area contributed by atoms with Gasteiger partial charge in [-0.3, -0.25) is 9.59 Å². The summed E-state index contributed by atoms with van der Waals surface area (Å²) in [6.07, 6.45) is 3.30. The number of carbonyl (C=O) groups is 2. The molecule has 10 heteroatoms. The first-order valence-electron chi connectivity index (χ1n) is 12.2. The molecule has 0 radical (unpaired) electrons. The molecule has 9 nitrogen and oxygen atoms in total. The van der Waals surface area contributed by atoms with Crippen molar-refractivity contribution >= 4 is 34.2 Å². The second-order valence-electron chi connectivity index (χ2n) is 9.26. The van der Waals surface area contributed by atoms with Crippen molar-refractivity contribution in [1.82, 2.24) is 13.9 Å². The van der Waals surface area contributed by atoms with E-state index in [9.17, 15) is 24.3 Å². The molecule has 0 spiro atoms. The normalized spacial score (nSPS) is 20.4. The van der Waals surface area contributed by atoms with Gasteiger partial charge in [0.15, 0.2) is 23.1 Å². The number of hydrogen-bond acceptors (Lipinski definition) is 6. The quantitative estimate of drug-likeness (QED) is 0.271. The van der Waals surface area contributed by atoms with Crippen LogP contribution in [0.4, 0.5) is 0 Å². The number of fused-ring (bicyclic) bond motifs is 3. The third-order valence-electron chi connectivity index (χ3n) is 7.23. The molecule has 2 heterocycles. The summed E-state index contributed by atoms with van der Waals surface area (Å²) < 4.78 is 9.83. The van der Waals surface area contributed by atoms with Crippen LogP contribution in [-0.2, 0) is 16.1 Å². The summed E-state index contributed by atoms with van der Waals surface area (Å²) in [5.74, 6) is -0.968. The number of allylic oxidation sites excluding steroid dienone is 6. The van der Waals surface area contributed by atoms with E-state index in [1.807, 2.05) is 28.7 Å². The van der Waals surface area contributed by atoms with Gasteiger partial charge in [-0.05, 0) is 64.9 Å². The van der Waals surface area contributed by atoms with Crippen molar-refractivity contribution in [3.05, 3.63) is 108 Å². The van der Waals surface area contributed by atoms with E-state index >= 15 is 0 Å². The molecular formula is C28H22IN3O6. The zero-order chi connectivity index (χ0) is 26.7. The van der Waals surface area contributed by atoms with Crippen LogP contribution in [0.25, 0.3) is 5.69 Å². The number of hydrogen-bond donors (Lipinski definition) is 1. The van der Waals surface area contributed by atoms with Crippen molar-refractivity contribution in [1.29, 1.82) is 0 Å². The highest BCUT2D eigenvalue weighted by Crippen LogP contribution is 2.51. The molecule has 3 aliphatic rings. The van der Waals surface area contributed by atoms with Gasteiger partial charge in [-0.25, -0.2) is 23.5 Å². The molecule has 0 amide bonds. The molecule has 0 saturated carbocycles. The summed E-state index contributed by atoms with van der Waals surface area (Å²) >= 11 is 1.88. The molecular weight excluding hydrogens is 601 g/mol. The van der Waals surface area contributed by atoms with Gasteiger partial charge in [-0.15, -0.1) is 0 Å². The van der Waals surface area contributed by atoms with Crippen LogP contribution in [0.2, 0.25) is 0 Å². The van der Waals surface area contributed by atoms with E-state index in [4.69, 9.17) is 4.74 Å². The molecule has 3 aromatic rings. The lowest BCUT2D eigenvalue weighted by Gasteiger charge is -2.39. The van der Waals surface area contributed by atoms with Gasteiger partial charge in [0.25, 0.3) is 0 Å². The number of para-hydroxylation sites is 1. The molecule has 2 atom stereocenters. The van der Waals surface area contributed by atoms with Crippen LogP contribution in [0.3, 0.4) is 0 Å². The SMILES string of the molecule is CCOc1cc(C2C3=CCn4c(=O)n(-c5ccccc5)c(=O)n4C3CC3=C2C(=O)C(I)=CC3=O)ccc1O.